The van der Waals surface area contributed by atoms with Crippen molar-refractivity contribution in [2.75, 3.05) is 14.7 Å². The summed E-state index contributed by atoms with van der Waals surface area (Å²) in [4.78, 5) is 7.65. The molecule has 20 aliphatic carbocycles. The number of furan rings is 1. The van der Waals surface area contributed by atoms with Crippen LogP contribution in [-0.2, 0) is 27.1 Å². The maximum atomic E-state index is 6.36. The van der Waals surface area contributed by atoms with Crippen LogP contribution in [0.15, 0.2) is 338 Å². The molecule has 18 saturated carbocycles. The van der Waals surface area contributed by atoms with Crippen molar-refractivity contribution in [3.63, 3.8) is 0 Å². The van der Waals surface area contributed by atoms with Gasteiger partial charge in [-0.25, -0.2) is 0 Å². The molecule has 14 aromatic carbocycles. The van der Waals surface area contributed by atoms with Gasteiger partial charge in [0.1, 0.15) is 11.2 Å². The molecule has 9 atom stereocenters. The standard InChI is InChI=1S/C54H51N.C44H47N.C41H41NO/c1-3-10-43(11-4-1)54(44-12-5-2-6-13-44)49-15-8-7-14-47(49)52-50(54)16-9-17-51(52)55(45-24-20-40(21-25-45)48-32-36-18-19-41(48)31-36)46-26-22-42(23-27-46)53-33-37-28-38(34-53)30-39(29-37)35-53;1-43(2)39-7-4-3-6-37(39)42-40(43)8-5-9-41(42)45(35-16-12-32(13-17-35)38-24-28-10-11-33(38)23-28)36-18-14-34(15-19-36)44-25-29-20-30(26-44)22-31(21-29)27-44;1-2-6-38-35(4-1)40-37(5-3-7-39(40)43-38)42(33-14-10-30(11-15-33)36-22-26-8-9-31(36)21-26)34-16-12-32(13-17-34)41-23-27-18-28(24-41)20-29(19-27)25-41/h1-17,20-27,36-39,41,48H,18-19,28-35H2;3-9,12-19,28-31,33,38H,10-11,20-27H2,1-2H3;1-7,10-17,26-29,31,36H,8-9,18-25H2. The highest BCUT2D eigenvalue weighted by atomic mass is 16.3. The van der Waals surface area contributed by atoms with Crippen LogP contribution in [0.2, 0.25) is 0 Å². The van der Waals surface area contributed by atoms with E-state index < -0.39 is 5.41 Å². The molecular weight excluding hydrogens is 1730 g/mol. The van der Waals surface area contributed by atoms with Gasteiger partial charge < -0.3 is 19.1 Å². The van der Waals surface area contributed by atoms with Crippen molar-refractivity contribution < 1.29 is 4.42 Å². The molecular formula is C139H139N3O. The topological polar surface area (TPSA) is 22.9 Å². The summed E-state index contributed by atoms with van der Waals surface area (Å²) in [5.74, 6) is 16.4. The Morgan fingerprint density at radius 2 is 0.524 bits per heavy atom. The third-order valence-electron chi connectivity index (χ3n) is 42.4. The summed E-state index contributed by atoms with van der Waals surface area (Å²) >= 11 is 0. The maximum Gasteiger partial charge on any atom is 0.137 e. The van der Waals surface area contributed by atoms with Gasteiger partial charge in [0.15, 0.2) is 0 Å². The average molecular weight is 1870 g/mol. The summed E-state index contributed by atoms with van der Waals surface area (Å²) in [5, 5.41) is 2.38. The van der Waals surface area contributed by atoms with E-state index in [2.05, 4.69) is 362 Å². The minimum atomic E-state index is -0.426. The van der Waals surface area contributed by atoms with Crippen LogP contribution >= 0.6 is 0 Å². The first-order chi connectivity index (χ1) is 70.3. The molecule has 18 fully saturated rings. The number of hydrogen-bond acceptors (Lipinski definition) is 4. The van der Waals surface area contributed by atoms with E-state index in [1.807, 2.05) is 0 Å². The van der Waals surface area contributed by atoms with Crippen LogP contribution < -0.4 is 14.7 Å². The third kappa shape index (κ3) is 14.1. The molecule has 716 valence electrons. The Morgan fingerprint density at radius 1 is 0.224 bits per heavy atom. The predicted molar refractivity (Wildman–Crippen MR) is 590 cm³/mol. The lowest BCUT2D eigenvalue weighted by Gasteiger charge is -2.57. The van der Waals surface area contributed by atoms with Crippen molar-refractivity contribution in [1.82, 2.24) is 0 Å². The van der Waals surface area contributed by atoms with E-state index in [0.717, 1.165) is 118 Å². The smallest absolute Gasteiger partial charge is 0.137 e. The molecule has 143 heavy (non-hydrogen) atoms. The van der Waals surface area contributed by atoms with Crippen LogP contribution in [0.25, 0.3) is 44.2 Å². The van der Waals surface area contributed by atoms with Crippen molar-refractivity contribution in [1.29, 1.82) is 0 Å². The number of hydrogen-bond donors (Lipinski definition) is 0. The van der Waals surface area contributed by atoms with Crippen LogP contribution in [0.1, 0.15) is 291 Å². The Labute approximate surface area is 849 Å². The van der Waals surface area contributed by atoms with E-state index in [4.69, 9.17) is 4.42 Å². The van der Waals surface area contributed by atoms with Crippen molar-refractivity contribution >= 4 is 73.1 Å². The van der Waals surface area contributed by atoms with E-state index in [0.29, 0.717) is 16.2 Å². The molecule has 0 aliphatic heterocycles. The fraction of sp³-hybridized carbons (Fsp3) is 0.396. The Hall–Kier alpha value is -11.7. The molecule has 0 amide bonds. The van der Waals surface area contributed by atoms with Gasteiger partial charge in [-0.15, -0.1) is 0 Å². The number of rotatable bonds is 17. The Bertz CT molecular complexity index is 7220. The van der Waals surface area contributed by atoms with Crippen molar-refractivity contribution in [3.05, 3.63) is 400 Å². The Morgan fingerprint density at radius 3 is 0.902 bits per heavy atom. The van der Waals surface area contributed by atoms with Gasteiger partial charge in [-0.05, 0) is 477 Å². The zero-order valence-electron chi connectivity index (χ0n) is 84.1. The number of fused-ring (bicyclic) bond motifs is 15. The highest BCUT2D eigenvalue weighted by Gasteiger charge is 2.57. The SMILES string of the molecule is CC1(C)c2ccccc2-c2c(N(c3ccc(C4CC5CCC4C5)cc3)c3ccc(C45CC6CC(CC(C6)C4)C5)cc3)cccc21.c1ccc(C2(c3ccccc3)c3ccccc3-c3c(N(c4ccc(C5CC6CCC5C6)cc4)c4ccc(C56CC7CC(CC(C7)C5)C6)cc4)cccc32)cc1.c1ccc2c(c1)oc1cccc(N(c3ccc(C4CC5CCC4C5)cc3)c3ccc(C45CC6CC(CC(C6)C4)C5)cc3)c12. The van der Waals surface area contributed by atoms with Crippen LogP contribution in [0.5, 0.6) is 0 Å². The van der Waals surface area contributed by atoms with E-state index >= 15 is 0 Å². The Kier molecular flexibility index (Phi) is 20.4. The van der Waals surface area contributed by atoms with Gasteiger partial charge in [0.25, 0.3) is 0 Å². The predicted octanol–water partition coefficient (Wildman–Crippen LogP) is 37.2. The summed E-state index contributed by atoms with van der Waals surface area (Å²) < 4.78 is 6.36. The summed E-state index contributed by atoms with van der Waals surface area (Å²) in [5.41, 5.74) is 37.1. The maximum absolute atomic E-state index is 6.36. The van der Waals surface area contributed by atoms with Gasteiger partial charge in [0, 0.05) is 56.1 Å². The van der Waals surface area contributed by atoms with Crippen LogP contribution in [0.3, 0.4) is 0 Å². The van der Waals surface area contributed by atoms with E-state index in [9.17, 15) is 0 Å². The number of benzene rings is 14. The van der Waals surface area contributed by atoms with Gasteiger partial charge in [0.05, 0.1) is 27.9 Å². The second kappa shape index (κ2) is 33.7. The molecule has 18 bridgehead atoms. The average Bonchev–Trinajstić information content (AvgIpc) is 1.52. The summed E-state index contributed by atoms with van der Waals surface area (Å²) in [6.45, 7) is 4.80. The van der Waals surface area contributed by atoms with E-state index in [1.165, 1.54) is 310 Å². The first-order valence-corrected chi connectivity index (χ1v) is 56.8. The van der Waals surface area contributed by atoms with E-state index in [1.54, 1.807) is 33.4 Å². The molecule has 20 aliphatic rings. The number of nitrogens with zero attached hydrogens (tertiary/aromatic N) is 3. The number of anilines is 9. The van der Waals surface area contributed by atoms with Crippen LogP contribution in [0.4, 0.5) is 51.2 Å². The third-order valence-corrected chi connectivity index (χ3v) is 42.4. The molecule has 15 aromatic rings. The van der Waals surface area contributed by atoms with Crippen molar-refractivity contribution in [2.24, 2.45) is 88.8 Å². The monoisotopic (exact) mass is 1870 g/mol. The van der Waals surface area contributed by atoms with Gasteiger partial charge in [-0.2, -0.15) is 0 Å². The van der Waals surface area contributed by atoms with Crippen molar-refractivity contribution in [3.8, 4) is 22.3 Å². The minimum absolute atomic E-state index is 0.0123. The largest absolute Gasteiger partial charge is 0.456 e. The van der Waals surface area contributed by atoms with Gasteiger partial charge in [0.2, 0.25) is 0 Å². The molecule has 0 N–H and O–H groups in total. The second-order valence-corrected chi connectivity index (χ2v) is 50.7. The molecule has 9 unspecified atom stereocenters. The van der Waals surface area contributed by atoms with Crippen LogP contribution in [-0.4, -0.2) is 0 Å². The molecule has 1 aromatic heterocycles. The summed E-state index contributed by atoms with van der Waals surface area (Å²) in [6.07, 6.45) is 43.3. The van der Waals surface area contributed by atoms with Gasteiger partial charge in [-0.3, -0.25) is 0 Å². The lowest BCUT2D eigenvalue weighted by Crippen LogP contribution is -2.48. The van der Waals surface area contributed by atoms with Crippen LogP contribution in [0, 0.1) is 88.8 Å². The van der Waals surface area contributed by atoms with Gasteiger partial charge in [-0.1, -0.05) is 264 Å². The molecule has 0 saturated heterocycles. The fourth-order valence-corrected chi connectivity index (χ4v) is 37.7. The molecule has 35 rings (SSSR count). The molecule has 0 radical (unpaired) electrons. The van der Waals surface area contributed by atoms with Gasteiger partial charge >= 0.3 is 0 Å². The number of para-hydroxylation sites is 1. The van der Waals surface area contributed by atoms with E-state index in [-0.39, 0.29) is 5.41 Å². The lowest BCUT2D eigenvalue weighted by molar-refractivity contribution is -0.00530. The Balaban J connectivity index is 0.000000101. The summed E-state index contributed by atoms with van der Waals surface area (Å²) in [7, 11) is 0. The molecule has 4 heteroatoms. The lowest BCUT2D eigenvalue weighted by atomic mass is 9.48. The first kappa shape index (κ1) is 86.7. The zero-order chi connectivity index (χ0) is 94.2. The molecule has 0 spiro atoms. The normalized spacial score (nSPS) is 31.2. The quantitative estimate of drug-likeness (QED) is 0.0906. The minimum Gasteiger partial charge on any atom is -0.456 e. The molecule has 4 nitrogen and oxygen atoms in total. The first-order valence-electron chi connectivity index (χ1n) is 56.8. The summed E-state index contributed by atoms with van der Waals surface area (Å²) in [6, 6.07) is 129. The highest BCUT2D eigenvalue weighted by Crippen LogP contribution is 2.68. The fourth-order valence-electron chi connectivity index (χ4n) is 37.7. The zero-order valence-corrected chi connectivity index (χ0v) is 84.1. The highest BCUT2D eigenvalue weighted by molar-refractivity contribution is 6.13. The second-order valence-electron chi connectivity index (χ2n) is 50.7. The van der Waals surface area contributed by atoms with Crippen molar-refractivity contribution in [2.45, 2.75) is 251 Å². The molecule has 1 heterocycles.